The molecule has 3 N–H and O–H groups in total. The average molecular weight is 398 g/mol. The van der Waals surface area contributed by atoms with Crippen LogP contribution in [-0.2, 0) is 4.79 Å². The predicted octanol–water partition coefficient (Wildman–Crippen LogP) is 3.49. The number of hydrogen-bond donors (Lipinski definition) is 3. The molecule has 0 unspecified atom stereocenters. The summed E-state index contributed by atoms with van der Waals surface area (Å²) in [7, 11) is 0. The van der Waals surface area contributed by atoms with Crippen molar-refractivity contribution in [2.75, 3.05) is 11.9 Å². The van der Waals surface area contributed by atoms with Crippen molar-refractivity contribution in [3.63, 3.8) is 0 Å². The van der Waals surface area contributed by atoms with E-state index in [1.165, 1.54) is 18.2 Å². The number of hydrogen-bond acceptors (Lipinski definition) is 3. The van der Waals surface area contributed by atoms with Gasteiger partial charge in [-0.2, -0.15) is 0 Å². The molecule has 2 amide bonds. The number of phenolic OH excluding ortho intramolecular Hbond substituents is 1. The lowest BCUT2D eigenvalue weighted by Crippen LogP contribution is -2.33. The Kier molecular flexibility index (Phi) is 5.63. The van der Waals surface area contributed by atoms with Gasteiger partial charge in [0.15, 0.2) is 0 Å². The van der Waals surface area contributed by atoms with E-state index in [4.69, 9.17) is 11.6 Å². The molecule has 0 aliphatic rings. The summed E-state index contributed by atoms with van der Waals surface area (Å²) in [6.07, 6.45) is 0. The predicted molar refractivity (Wildman–Crippen MR) is 93.0 cm³/mol. The van der Waals surface area contributed by atoms with Crippen molar-refractivity contribution < 1.29 is 14.7 Å². The maximum atomic E-state index is 11.9. The maximum absolute atomic E-state index is 11.9. The van der Waals surface area contributed by atoms with Gasteiger partial charge in [0.05, 0.1) is 12.1 Å². The lowest BCUT2D eigenvalue weighted by molar-refractivity contribution is -0.115. The molecule has 5 nitrogen and oxygen atoms in total. The number of aryl methyl sites for hydroxylation is 1. The van der Waals surface area contributed by atoms with Crippen LogP contribution in [0.4, 0.5) is 5.69 Å². The van der Waals surface area contributed by atoms with Crippen LogP contribution < -0.4 is 10.6 Å². The molecule has 23 heavy (non-hydrogen) atoms. The molecule has 2 aromatic carbocycles. The first-order chi connectivity index (χ1) is 10.9. The van der Waals surface area contributed by atoms with Crippen molar-refractivity contribution in [1.29, 1.82) is 0 Å². The van der Waals surface area contributed by atoms with Gasteiger partial charge >= 0.3 is 0 Å². The molecule has 0 spiro atoms. The third-order valence-corrected chi connectivity index (χ3v) is 3.80. The van der Waals surface area contributed by atoms with Crippen LogP contribution in [0, 0.1) is 6.92 Å². The second-order valence-corrected chi connectivity index (χ2v) is 6.20. The molecule has 120 valence electrons. The molecule has 2 rings (SSSR count). The highest BCUT2D eigenvalue weighted by atomic mass is 79.9. The summed E-state index contributed by atoms with van der Waals surface area (Å²) in [5, 5.41) is 15.2. The number of anilines is 1. The summed E-state index contributed by atoms with van der Waals surface area (Å²) in [5.41, 5.74) is 1.62. The van der Waals surface area contributed by atoms with Gasteiger partial charge in [0.25, 0.3) is 5.91 Å². The van der Waals surface area contributed by atoms with Crippen LogP contribution in [0.15, 0.2) is 40.9 Å². The number of aromatic hydroxyl groups is 1. The molecule has 0 saturated carbocycles. The van der Waals surface area contributed by atoms with Gasteiger partial charge in [0, 0.05) is 15.2 Å². The van der Waals surface area contributed by atoms with Gasteiger partial charge in [-0.1, -0.05) is 27.5 Å². The number of carbonyl (C=O) groups excluding carboxylic acids is 2. The van der Waals surface area contributed by atoms with E-state index in [-0.39, 0.29) is 23.8 Å². The molecule has 0 aromatic heterocycles. The minimum absolute atomic E-state index is 0.0574. The SMILES string of the molecule is Cc1cc(Br)ccc1NC(=O)CNC(=O)c1ccc(Cl)cc1O. The van der Waals surface area contributed by atoms with Crippen LogP contribution >= 0.6 is 27.5 Å². The highest BCUT2D eigenvalue weighted by Crippen LogP contribution is 2.22. The maximum Gasteiger partial charge on any atom is 0.255 e. The van der Waals surface area contributed by atoms with E-state index in [9.17, 15) is 14.7 Å². The van der Waals surface area contributed by atoms with Crippen LogP contribution in [-0.4, -0.2) is 23.5 Å². The van der Waals surface area contributed by atoms with Gasteiger partial charge in [0.1, 0.15) is 5.75 Å². The summed E-state index contributed by atoms with van der Waals surface area (Å²) in [5.74, 6) is -1.15. The highest BCUT2D eigenvalue weighted by Gasteiger charge is 2.13. The zero-order chi connectivity index (χ0) is 17.0. The fraction of sp³-hybridized carbons (Fsp3) is 0.125. The van der Waals surface area contributed by atoms with Gasteiger partial charge in [-0.3, -0.25) is 9.59 Å². The molecule has 0 radical (unpaired) electrons. The Morgan fingerprint density at radius 2 is 1.96 bits per heavy atom. The summed E-state index contributed by atoms with van der Waals surface area (Å²) < 4.78 is 0.916. The van der Waals surface area contributed by atoms with E-state index in [1.54, 1.807) is 6.07 Å². The van der Waals surface area contributed by atoms with Gasteiger partial charge in [-0.15, -0.1) is 0 Å². The molecular weight excluding hydrogens is 384 g/mol. The van der Waals surface area contributed by atoms with E-state index in [1.807, 2.05) is 19.1 Å². The Morgan fingerprint density at radius 1 is 1.22 bits per heavy atom. The number of amides is 2. The van der Waals surface area contributed by atoms with E-state index >= 15 is 0 Å². The van der Waals surface area contributed by atoms with Crippen LogP contribution in [0.25, 0.3) is 0 Å². The number of nitrogens with one attached hydrogen (secondary N) is 2. The number of phenols is 1. The molecular formula is C16H14BrClN2O3. The fourth-order valence-corrected chi connectivity index (χ4v) is 2.56. The third kappa shape index (κ3) is 4.71. The van der Waals surface area contributed by atoms with Crippen molar-refractivity contribution in [1.82, 2.24) is 5.32 Å². The summed E-state index contributed by atoms with van der Waals surface area (Å²) in [4.78, 5) is 23.8. The molecule has 0 aliphatic heterocycles. The molecule has 2 aromatic rings. The van der Waals surface area contributed by atoms with Crippen LogP contribution in [0.5, 0.6) is 5.75 Å². The fourth-order valence-electron chi connectivity index (χ4n) is 1.91. The van der Waals surface area contributed by atoms with Crippen LogP contribution in [0.3, 0.4) is 0 Å². The second kappa shape index (κ2) is 7.48. The molecule has 0 saturated heterocycles. The van der Waals surface area contributed by atoms with Crippen LogP contribution in [0.1, 0.15) is 15.9 Å². The zero-order valence-electron chi connectivity index (χ0n) is 12.2. The number of benzene rings is 2. The standard InChI is InChI=1S/C16H14BrClN2O3/c1-9-6-10(17)2-5-13(9)20-15(22)8-19-16(23)12-4-3-11(18)7-14(12)21/h2-7,21H,8H2,1H3,(H,19,23)(H,20,22). The Morgan fingerprint density at radius 3 is 2.61 bits per heavy atom. The van der Waals surface area contributed by atoms with E-state index in [2.05, 4.69) is 26.6 Å². The van der Waals surface area contributed by atoms with Crippen molar-refractivity contribution in [3.05, 3.63) is 57.0 Å². The van der Waals surface area contributed by atoms with E-state index in [0.29, 0.717) is 10.7 Å². The zero-order valence-corrected chi connectivity index (χ0v) is 14.5. The lowest BCUT2D eigenvalue weighted by Gasteiger charge is -2.10. The Labute approximate surface area is 146 Å². The number of carbonyl (C=O) groups is 2. The minimum atomic E-state index is -0.554. The lowest BCUT2D eigenvalue weighted by atomic mass is 10.2. The largest absolute Gasteiger partial charge is 0.507 e. The van der Waals surface area contributed by atoms with E-state index < -0.39 is 5.91 Å². The van der Waals surface area contributed by atoms with Gasteiger partial charge in [-0.05, 0) is 48.9 Å². The van der Waals surface area contributed by atoms with Gasteiger partial charge in [-0.25, -0.2) is 0 Å². The molecule has 0 fully saturated rings. The normalized spacial score (nSPS) is 10.2. The summed E-state index contributed by atoms with van der Waals surface area (Å²) in [6, 6.07) is 9.60. The second-order valence-electron chi connectivity index (χ2n) is 4.85. The molecule has 0 bridgehead atoms. The Hall–Kier alpha value is -2.05. The van der Waals surface area contributed by atoms with Crippen molar-refractivity contribution in [2.45, 2.75) is 6.92 Å². The smallest absolute Gasteiger partial charge is 0.255 e. The molecule has 0 aliphatic carbocycles. The summed E-state index contributed by atoms with van der Waals surface area (Å²) >= 11 is 9.05. The van der Waals surface area contributed by atoms with Crippen LogP contribution in [0.2, 0.25) is 5.02 Å². The van der Waals surface area contributed by atoms with Gasteiger partial charge < -0.3 is 15.7 Å². The first kappa shape index (κ1) is 17.3. The van der Waals surface area contributed by atoms with Crippen molar-refractivity contribution in [3.8, 4) is 5.75 Å². The quantitative estimate of drug-likeness (QED) is 0.739. The van der Waals surface area contributed by atoms with Crippen molar-refractivity contribution >= 4 is 45.0 Å². The average Bonchev–Trinajstić information content (AvgIpc) is 2.48. The molecule has 7 heteroatoms. The highest BCUT2D eigenvalue weighted by molar-refractivity contribution is 9.10. The first-order valence-corrected chi connectivity index (χ1v) is 7.86. The molecule has 0 atom stereocenters. The van der Waals surface area contributed by atoms with Gasteiger partial charge in [0.2, 0.25) is 5.91 Å². The van der Waals surface area contributed by atoms with Crippen molar-refractivity contribution in [2.24, 2.45) is 0 Å². The third-order valence-electron chi connectivity index (χ3n) is 3.08. The number of rotatable bonds is 4. The van der Waals surface area contributed by atoms with E-state index in [0.717, 1.165) is 10.0 Å². The Balaban J connectivity index is 1.94. The summed E-state index contributed by atoms with van der Waals surface area (Å²) in [6.45, 7) is 1.65. The topological polar surface area (TPSA) is 78.4 Å². The minimum Gasteiger partial charge on any atom is -0.507 e. The number of halogens is 2. The monoisotopic (exact) mass is 396 g/mol. The Bertz CT molecular complexity index is 765. The first-order valence-electron chi connectivity index (χ1n) is 6.69. The molecule has 0 heterocycles.